The van der Waals surface area contributed by atoms with Crippen LogP contribution in [0, 0.1) is 0 Å². The predicted molar refractivity (Wildman–Crippen MR) is 69.8 cm³/mol. The topological polar surface area (TPSA) is 58.6 Å². The number of carbonyl (C=O) groups is 1. The maximum Gasteiger partial charge on any atom is 0.224 e. The summed E-state index contributed by atoms with van der Waals surface area (Å²) in [4.78, 5) is 11.2. The summed E-state index contributed by atoms with van der Waals surface area (Å²) < 4.78 is 5.59. The van der Waals surface area contributed by atoms with Gasteiger partial charge in [0.15, 0.2) is 0 Å². The Bertz CT molecular complexity index is 454. The van der Waals surface area contributed by atoms with Crippen LogP contribution in [0.5, 0.6) is 5.75 Å². The third kappa shape index (κ3) is 3.01. The zero-order valence-electron chi connectivity index (χ0n) is 10.8. The van der Waals surface area contributed by atoms with Crippen LogP contribution in [0.25, 0.3) is 0 Å². The zero-order valence-corrected chi connectivity index (χ0v) is 10.8. The highest BCUT2D eigenvalue weighted by atomic mass is 16.5. The first-order chi connectivity index (χ1) is 8.50. The van der Waals surface area contributed by atoms with Crippen molar-refractivity contribution >= 4 is 11.6 Å². The van der Waals surface area contributed by atoms with Gasteiger partial charge in [0.1, 0.15) is 12.4 Å². The molecule has 1 aromatic rings. The number of fused-ring (bicyclic) bond motifs is 1. The largest absolute Gasteiger partial charge is 0.491 e. The van der Waals surface area contributed by atoms with Crippen molar-refractivity contribution < 1.29 is 14.6 Å². The Hall–Kier alpha value is -1.55. The van der Waals surface area contributed by atoms with E-state index in [1.807, 2.05) is 25.1 Å². The summed E-state index contributed by atoms with van der Waals surface area (Å²) >= 11 is 0. The number of aliphatic hydroxyl groups is 1. The number of ether oxygens (including phenoxy) is 1. The normalized spacial score (nSPS) is 17.6. The molecule has 1 aliphatic heterocycles. The van der Waals surface area contributed by atoms with E-state index in [1.54, 1.807) is 6.92 Å². The lowest BCUT2D eigenvalue weighted by Gasteiger charge is -2.22. The van der Waals surface area contributed by atoms with E-state index in [0.717, 1.165) is 23.4 Å². The molecule has 0 fully saturated rings. The van der Waals surface area contributed by atoms with E-state index in [0.29, 0.717) is 12.8 Å². The summed E-state index contributed by atoms with van der Waals surface area (Å²) in [5, 5.41) is 12.7. The second kappa shape index (κ2) is 4.98. The van der Waals surface area contributed by atoms with Crippen LogP contribution in [0.4, 0.5) is 5.69 Å². The Morgan fingerprint density at radius 3 is 2.94 bits per heavy atom. The first kappa shape index (κ1) is 12.9. The van der Waals surface area contributed by atoms with Crippen molar-refractivity contribution in [1.29, 1.82) is 0 Å². The van der Waals surface area contributed by atoms with Crippen LogP contribution in [-0.2, 0) is 11.2 Å². The van der Waals surface area contributed by atoms with Gasteiger partial charge >= 0.3 is 0 Å². The third-order valence-electron chi connectivity index (χ3n) is 3.28. The molecule has 1 atom stereocenters. The van der Waals surface area contributed by atoms with Crippen molar-refractivity contribution in [3.63, 3.8) is 0 Å². The number of rotatable bonds is 4. The minimum Gasteiger partial charge on any atom is -0.491 e. The van der Waals surface area contributed by atoms with Crippen molar-refractivity contribution in [3.8, 4) is 5.75 Å². The fourth-order valence-corrected chi connectivity index (χ4v) is 1.79. The molecule has 0 saturated carbocycles. The number of aryl methyl sites for hydroxylation is 1. The number of anilines is 1. The van der Waals surface area contributed by atoms with Crippen LogP contribution in [0.15, 0.2) is 18.2 Å². The maximum atomic E-state index is 11.2. The van der Waals surface area contributed by atoms with E-state index < -0.39 is 5.60 Å². The highest BCUT2D eigenvalue weighted by Crippen LogP contribution is 2.27. The van der Waals surface area contributed by atoms with Gasteiger partial charge in [0, 0.05) is 12.1 Å². The molecule has 1 aromatic carbocycles. The van der Waals surface area contributed by atoms with E-state index in [2.05, 4.69) is 5.32 Å². The van der Waals surface area contributed by atoms with Crippen molar-refractivity contribution in [2.45, 2.75) is 38.7 Å². The van der Waals surface area contributed by atoms with E-state index >= 15 is 0 Å². The highest BCUT2D eigenvalue weighted by molar-refractivity contribution is 5.93. The Balaban J connectivity index is 2.05. The lowest BCUT2D eigenvalue weighted by molar-refractivity contribution is -0.116. The summed E-state index contributed by atoms with van der Waals surface area (Å²) in [7, 11) is 0. The predicted octanol–water partition coefficient (Wildman–Crippen LogP) is 2.11. The smallest absolute Gasteiger partial charge is 0.224 e. The second-order valence-electron chi connectivity index (χ2n) is 5.01. The van der Waals surface area contributed by atoms with Crippen molar-refractivity contribution in [3.05, 3.63) is 23.8 Å². The molecule has 4 heteroatoms. The third-order valence-corrected chi connectivity index (χ3v) is 3.28. The summed E-state index contributed by atoms with van der Waals surface area (Å²) in [6.45, 7) is 3.95. The van der Waals surface area contributed by atoms with Crippen LogP contribution in [0.2, 0.25) is 0 Å². The van der Waals surface area contributed by atoms with Gasteiger partial charge in [0.25, 0.3) is 0 Å². The monoisotopic (exact) mass is 249 g/mol. The Morgan fingerprint density at radius 1 is 1.44 bits per heavy atom. The molecule has 0 spiro atoms. The zero-order chi connectivity index (χ0) is 13.2. The standard InChI is InChI=1S/C14H19NO3/c1-3-14(2,17)9-18-11-5-6-12-10(8-11)4-7-13(16)15-12/h5-6,8,17H,3-4,7,9H2,1-2H3,(H,15,16). The molecule has 2 rings (SSSR count). The number of carbonyl (C=O) groups excluding carboxylic acids is 1. The maximum absolute atomic E-state index is 11.2. The summed E-state index contributed by atoms with van der Waals surface area (Å²) in [5.74, 6) is 0.795. The van der Waals surface area contributed by atoms with Gasteiger partial charge in [-0.3, -0.25) is 4.79 Å². The number of nitrogens with one attached hydrogen (secondary N) is 1. The lowest BCUT2D eigenvalue weighted by Crippen LogP contribution is -2.31. The van der Waals surface area contributed by atoms with Gasteiger partial charge in [-0.25, -0.2) is 0 Å². The van der Waals surface area contributed by atoms with Crippen molar-refractivity contribution in [2.24, 2.45) is 0 Å². The van der Waals surface area contributed by atoms with Gasteiger partial charge in [-0.05, 0) is 43.5 Å². The second-order valence-corrected chi connectivity index (χ2v) is 5.01. The quantitative estimate of drug-likeness (QED) is 0.859. The van der Waals surface area contributed by atoms with E-state index in [1.165, 1.54) is 0 Å². The fraction of sp³-hybridized carbons (Fsp3) is 0.500. The Morgan fingerprint density at radius 2 is 2.22 bits per heavy atom. The van der Waals surface area contributed by atoms with Gasteiger partial charge in [-0.15, -0.1) is 0 Å². The molecular formula is C14H19NO3. The van der Waals surface area contributed by atoms with Gasteiger partial charge in [-0.2, -0.15) is 0 Å². The lowest BCUT2D eigenvalue weighted by atomic mass is 10.0. The highest BCUT2D eigenvalue weighted by Gasteiger charge is 2.19. The molecule has 1 unspecified atom stereocenters. The van der Waals surface area contributed by atoms with E-state index in [9.17, 15) is 9.90 Å². The molecule has 18 heavy (non-hydrogen) atoms. The van der Waals surface area contributed by atoms with E-state index in [-0.39, 0.29) is 12.5 Å². The molecule has 1 amide bonds. The minimum atomic E-state index is -0.801. The van der Waals surface area contributed by atoms with Gasteiger partial charge in [-0.1, -0.05) is 6.92 Å². The Labute approximate surface area is 107 Å². The number of amides is 1. The molecule has 0 aromatic heterocycles. The summed E-state index contributed by atoms with van der Waals surface area (Å²) in [5.41, 5.74) is 1.15. The van der Waals surface area contributed by atoms with Crippen LogP contribution >= 0.6 is 0 Å². The number of benzene rings is 1. The molecule has 2 N–H and O–H groups in total. The average molecular weight is 249 g/mol. The molecule has 0 saturated heterocycles. The van der Waals surface area contributed by atoms with Crippen LogP contribution in [-0.4, -0.2) is 23.2 Å². The summed E-state index contributed by atoms with van der Waals surface area (Å²) in [6.07, 6.45) is 1.90. The SMILES string of the molecule is CCC(C)(O)COc1ccc2c(c1)CCC(=O)N2. The van der Waals surface area contributed by atoms with E-state index in [4.69, 9.17) is 4.74 Å². The fourth-order valence-electron chi connectivity index (χ4n) is 1.79. The number of hydrogen-bond donors (Lipinski definition) is 2. The molecule has 4 nitrogen and oxygen atoms in total. The Kier molecular flexibility index (Phi) is 3.57. The molecule has 98 valence electrons. The summed E-state index contributed by atoms with van der Waals surface area (Å²) in [6, 6.07) is 5.60. The van der Waals surface area contributed by atoms with Crippen LogP contribution in [0.1, 0.15) is 32.3 Å². The molecule has 1 heterocycles. The first-order valence-electron chi connectivity index (χ1n) is 6.28. The van der Waals surface area contributed by atoms with Crippen LogP contribution < -0.4 is 10.1 Å². The first-order valence-corrected chi connectivity index (χ1v) is 6.28. The molecule has 0 radical (unpaired) electrons. The average Bonchev–Trinajstić information content (AvgIpc) is 2.36. The van der Waals surface area contributed by atoms with Crippen molar-refractivity contribution in [2.75, 3.05) is 11.9 Å². The van der Waals surface area contributed by atoms with Crippen LogP contribution in [0.3, 0.4) is 0 Å². The molecule has 0 bridgehead atoms. The minimum absolute atomic E-state index is 0.0603. The van der Waals surface area contributed by atoms with Gasteiger partial charge in [0.05, 0.1) is 5.60 Å². The molecule has 1 aliphatic rings. The van der Waals surface area contributed by atoms with Gasteiger partial charge in [0.2, 0.25) is 5.91 Å². The van der Waals surface area contributed by atoms with Crippen molar-refractivity contribution in [1.82, 2.24) is 0 Å². The molecule has 0 aliphatic carbocycles. The molecular weight excluding hydrogens is 230 g/mol. The van der Waals surface area contributed by atoms with Gasteiger partial charge < -0.3 is 15.2 Å². The number of hydrogen-bond acceptors (Lipinski definition) is 3.